The number of allylic oxidation sites excluding steroid dienone is 2. The van der Waals surface area contributed by atoms with Gasteiger partial charge in [0.15, 0.2) is 5.13 Å². The van der Waals surface area contributed by atoms with Crippen LogP contribution < -0.4 is 10.6 Å². The number of carbonyl (C=O) groups is 1. The van der Waals surface area contributed by atoms with Gasteiger partial charge < -0.3 is 10.6 Å². The molecular weight excluding hydrogens is 246 g/mol. The molecule has 0 saturated carbocycles. The number of nitrogens with two attached hydrogens (primary N) is 1. The first-order valence-electron chi connectivity index (χ1n) is 6.29. The molecule has 0 radical (unpaired) electrons. The Bertz CT molecular complexity index is 508. The predicted octanol–water partition coefficient (Wildman–Crippen LogP) is 2.03. The van der Waals surface area contributed by atoms with Gasteiger partial charge >= 0.3 is 0 Å². The molecule has 3 rings (SSSR count). The second kappa shape index (κ2) is 4.39. The summed E-state index contributed by atoms with van der Waals surface area (Å²) in [5.41, 5.74) is 7.14. The highest BCUT2D eigenvalue weighted by atomic mass is 32.1. The van der Waals surface area contributed by atoms with Crippen molar-refractivity contribution in [1.29, 1.82) is 0 Å². The minimum atomic E-state index is -0.438. The monoisotopic (exact) mass is 263 g/mol. The SMILES string of the molecule is CC1=CC[C@H]2CN(c3nc(C(N)=O)cs3)C[C@H]2C1. The maximum absolute atomic E-state index is 11.1. The quantitative estimate of drug-likeness (QED) is 0.831. The van der Waals surface area contributed by atoms with Gasteiger partial charge in [-0.1, -0.05) is 11.6 Å². The largest absolute Gasteiger partial charge is 0.364 e. The molecule has 1 aromatic heterocycles. The van der Waals surface area contributed by atoms with Gasteiger partial charge in [0.2, 0.25) is 0 Å². The van der Waals surface area contributed by atoms with Crippen LogP contribution in [0.15, 0.2) is 17.0 Å². The van der Waals surface area contributed by atoms with Gasteiger partial charge in [-0.25, -0.2) is 4.98 Å². The molecule has 2 atom stereocenters. The molecule has 96 valence electrons. The lowest BCUT2D eigenvalue weighted by atomic mass is 9.83. The van der Waals surface area contributed by atoms with Gasteiger partial charge in [0, 0.05) is 18.5 Å². The summed E-state index contributed by atoms with van der Waals surface area (Å²) in [5.74, 6) is 1.05. The average Bonchev–Trinajstić information content (AvgIpc) is 2.93. The first-order chi connectivity index (χ1) is 8.63. The Morgan fingerprint density at radius 1 is 1.50 bits per heavy atom. The summed E-state index contributed by atoms with van der Waals surface area (Å²) >= 11 is 1.52. The van der Waals surface area contributed by atoms with Crippen LogP contribution in [0.4, 0.5) is 5.13 Å². The van der Waals surface area contributed by atoms with Crippen LogP contribution in [0.25, 0.3) is 0 Å². The molecule has 18 heavy (non-hydrogen) atoms. The van der Waals surface area contributed by atoms with E-state index < -0.39 is 5.91 Å². The standard InChI is InChI=1S/C13H17N3OS/c1-8-2-3-9-5-16(6-10(9)4-8)13-15-11(7-18-13)12(14)17/h2,7,9-10H,3-6H2,1H3,(H2,14,17)/t9-,10+/m0/s1. The summed E-state index contributed by atoms with van der Waals surface area (Å²) in [6.45, 7) is 4.33. The van der Waals surface area contributed by atoms with Crippen molar-refractivity contribution in [3.63, 3.8) is 0 Å². The molecule has 0 unspecified atom stereocenters. The molecule has 1 aliphatic carbocycles. The van der Waals surface area contributed by atoms with Crippen LogP contribution in [0.5, 0.6) is 0 Å². The zero-order valence-corrected chi connectivity index (χ0v) is 11.2. The normalized spacial score (nSPS) is 26.9. The number of anilines is 1. The lowest BCUT2D eigenvalue weighted by Crippen LogP contribution is -2.20. The van der Waals surface area contributed by atoms with E-state index in [-0.39, 0.29) is 0 Å². The minimum absolute atomic E-state index is 0.388. The van der Waals surface area contributed by atoms with E-state index in [0.29, 0.717) is 5.69 Å². The summed E-state index contributed by atoms with van der Waals surface area (Å²) in [4.78, 5) is 17.7. The van der Waals surface area contributed by atoms with Crippen LogP contribution in [-0.2, 0) is 0 Å². The van der Waals surface area contributed by atoms with Crippen LogP contribution in [0.2, 0.25) is 0 Å². The second-order valence-electron chi connectivity index (χ2n) is 5.30. The number of aromatic nitrogens is 1. The van der Waals surface area contributed by atoms with Crippen LogP contribution in [0.3, 0.4) is 0 Å². The summed E-state index contributed by atoms with van der Waals surface area (Å²) in [7, 11) is 0. The Morgan fingerprint density at radius 2 is 2.28 bits per heavy atom. The van der Waals surface area contributed by atoms with Gasteiger partial charge in [-0.2, -0.15) is 0 Å². The maximum atomic E-state index is 11.1. The van der Waals surface area contributed by atoms with Crippen molar-refractivity contribution in [3.05, 3.63) is 22.7 Å². The summed E-state index contributed by atoms with van der Waals surface area (Å²) < 4.78 is 0. The highest BCUT2D eigenvalue weighted by Gasteiger charge is 2.35. The molecule has 5 heteroatoms. The zero-order valence-electron chi connectivity index (χ0n) is 10.4. The third kappa shape index (κ3) is 2.03. The number of fused-ring (bicyclic) bond motifs is 1. The summed E-state index contributed by atoms with van der Waals surface area (Å²) in [6.07, 6.45) is 4.75. The highest BCUT2D eigenvalue weighted by molar-refractivity contribution is 7.13. The van der Waals surface area contributed by atoms with E-state index in [1.807, 2.05) is 0 Å². The number of carbonyl (C=O) groups excluding carboxylic acids is 1. The number of rotatable bonds is 2. The minimum Gasteiger partial charge on any atom is -0.364 e. The van der Waals surface area contributed by atoms with Gasteiger partial charge in [-0.05, 0) is 31.6 Å². The third-order valence-electron chi connectivity index (χ3n) is 3.94. The molecule has 0 aromatic carbocycles. The molecule has 0 spiro atoms. The highest BCUT2D eigenvalue weighted by Crippen LogP contribution is 2.38. The fraction of sp³-hybridized carbons (Fsp3) is 0.538. The Labute approximate surface area is 111 Å². The Morgan fingerprint density at radius 3 is 3.00 bits per heavy atom. The first-order valence-corrected chi connectivity index (χ1v) is 7.17. The van der Waals surface area contributed by atoms with E-state index in [2.05, 4.69) is 22.9 Å². The molecule has 1 aliphatic heterocycles. The van der Waals surface area contributed by atoms with E-state index in [0.717, 1.165) is 30.1 Å². The van der Waals surface area contributed by atoms with Gasteiger partial charge in [-0.15, -0.1) is 11.3 Å². The van der Waals surface area contributed by atoms with Crippen LogP contribution in [0, 0.1) is 11.8 Å². The maximum Gasteiger partial charge on any atom is 0.268 e. The van der Waals surface area contributed by atoms with Crippen molar-refractivity contribution < 1.29 is 4.79 Å². The first kappa shape index (κ1) is 11.7. The number of amides is 1. The van der Waals surface area contributed by atoms with Crippen molar-refractivity contribution in [2.45, 2.75) is 19.8 Å². The molecule has 4 nitrogen and oxygen atoms in total. The molecule has 1 aromatic rings. The number of thiazole rings is 1. The lowest BCUT2D eigenvalue weighted by Gasteiger charge is -2.21. The molecule has 2 N–H and O–H groups in total. The van der Waals surface area contributed by atoms with Gasteiger partial charge in [0.25, 0.3) is 5.91 Å². The Balaban J connectivity index is 1.74. The second-order valence-corrected chi connectivity index (χ2v) is 6.13. The molecule has 1 amide bonds. The van der Waals surface area contributed by atoms with E-state index in [1.165, 1.54) is 29.8 Å². The smallest absolute Gasteiger partial charge is 0.268 e. The predicted molar refractivity (Wildman–Crippen MR) is 72.8 cm³/mol. The van der Waals surface area contributed by atoms with E-state index >= 15 is 0 Å². The van der Waals surface area contributed by atoms with Crippen LogP contribution in [0.1, 0.15) is 30.3 Å². The van der Waals surface area contributed by atoms with Crippen molar-refractivity contribution in [1.82, 2.24) is 4.98 Å². The van der Waals surface area contributed by atoms with Crippen molar-refractivity contribution >= 4 is 22.4 Å². The van der Waals surface area contributed by atoms with Crippen LogP contribution in [-0.4, -0.2) is 24.0 Å². The van der Waals surface area contributed by atoms with Crippen LogP contribution >= 0.6 is 11.3 Å². The fourth-order valence-corrected chi connectivity index (χ4v) is 3.80. The summed E-state index contributed by atoms with van der Waals surface area (Å²) in [6, 6.07) is 0. The van der Waals surface area contributed by atoms with Gasteiger partial charge in [0.05, 0.1) is 0 Å². The van der Waals surface area contributed by atoms with Crippen molar-refractivity contribution in [2.24, 2.45) is 17.6 Å². The Kier molecular flexibility index (Phi) is 2.86. The molecule has 0 bridgehead atoms. The fourth-order valence-electron chi connectivity index (χ4n) is 2.97. The third-order valence-corrected chi connectivity index (χ3v) is 4.85. The van der Waals surface area contributed by atoms with E-state index in [4.69, 9.17) is 5.73 Å². The molecule has 1 fully saturated rings. The Hall–Kier alpha value is -1.36. The average molecular weight is 263 g/mol. The number of primary amides is 1. The number of hydrogen-bond donors (Lipinski definition) is 1. The summed E-state index contributed by atoms with van der Waals surface area (Å²) in [5, 5.41) is 2.69. The zero-order chi connectivity index (χ0) is 12.7. The topological polar surface area (TPSA) is 59.2 Å². The molecule has 2 heterocycles. The van der Waals surface area contributed by atoms with Gasteiger partial charge in [-0.3, -0.25) is 4.79 Å². The van der Waals surface area contributed by atoms with Crippen molar-refractivity contribution in [2.75, 3.05) is 18.0 Å². The lowest BCUT2D eigenvalue weighted by molar-refractivity contribution is 0.0996. The molecular formula is C13H17N3OS. The van der Waals surface area contributed by atoms with E-state index in [1.54, 1.807) is 5.38 Å². The molecule has 1 saturated heterocycles. The number of hydrogen-bond acceptors (Lipinski definition) is 4. The number of nitrogens with zero attached hydrogens (tertiary/aromatic N) is 2. The van der Waals surface area contributed by atoms with E-state index in [9.17, 15) is 4.79 Å². The van der Waals surface area contributed by atoms with Crippen molar-refractivity contribution in [3.8, 4) is 0 Å². The van der Waals surface area contributed by atoms with Gasteiger partial charge in [0.1, 0.15) is 5.69 Å². The molecule has 2 aliphatic rings.